The first-order chi connectivity index (χ1) is 3.48. The monoisotopic (exact) mass is 140 g/mol. The van der Waals surface area contributed by atoms with Gasteiger partial charge in [0.1, 0.15) is 0 Å². The van der Waals surface area contributed by atoms with Crippen molar-refractivity contribution in [2.75, 3.05) is 0 Å². The summed E-state index contributed by atoms with van der Waals surface area (Å²) in [5.41, 5.74) is 0. The van der Waals surface area contributed by atoms with Crippen LogP contribution >= 0.6 is 7.94 Å². The minimum atomic E-state index is -4.32. The molecule has 0 aromatic rings. The van der Waals surface area contributed by atoms with Crippen LogP contribution in [-0.2, 0) is 0 Å². The molecule has 0 saturated heterocycles. The van der Waals surface area contributed by atoms with E-state index in [2.05, 4.69) is 6.58 Å². The Labute approximate surface area is 47.3 Å². The van der Waals surface area contributed by atoms with Crippen molar-refractivity contribution >= 4 is 7.94 Å². The molecular formula is C3H9O4P. The van der Waals surface area contributed by atoms with E-state index < -0.39 is 13.8 Å². The number of aliphatic hydroxyl groups excluding tert-OH is 1. The molecule has 1 atom stereocenters. The summed E-state index contributed by atoms with van der Waals surface area (Å²) in [7, 11) is -4.32. The van der Waals surface area contributed by atoms with Crippen molar-refractivity contribution in [3.63, 3.8) is 0 Å². The van der Waals surface area contributed by atoms with Crippen LogP contribution in [0.2, 0.25) is 0 Å². The SMILES string of the molecule is C=CC(O)[PH](O)(O)O. The summed E-state index contributed by atoms with van der Waals surface area (Å²) in [4.78, 5) is 24.6. The maximum absolute atomic E-state index is 8.39. The number of hydrogen-bond acceptors (Lipinski definition) is 4. The van der Waals surface area contributed by atoms with E-state index in [0.29, 0.717) is 0 Å². The molecule has 0 rings (SSSR count). The van der Waals surface area contributed by atoms with Gasteiger partial charge in [0, 0.05) is 0 Å². The van der Waals surface area contributed by atoms with Gasteiger partial charge < -0.3 is 0 Å². The molecule has 0 aliphatic rings. The van der Waals surface area contributed by atoms with Crippen LogP contribution in [0.15, 0.2) is 12.7 Å². The van der Waals surface area contributed by atoms with Gasteiger partial charge in [0.25, 0.3) is 0 Å². The summed E-state index contributed by atoms with van der Waals surface area (Å²) >= 11 is 0. The minimum absolute atomic E-state index is 0.867. The van der Waals surface area contributed by atoms with Gasteiger partial charge in [-0.05, 0) is 0 Å². The molecule has 0 heterocycles. The summed E-state index contributed by atoms with van der Waals surface area (Å²) in [6.45, 7) is 3.03. The fraction of sp³-hybridized carbons (Fsp3) is 0.333. The zero-order valence-corrected chi connectivity index (χ0v) is 5.15. The molecule has 5 heteroatoms. The average Bonchev–Trinajstić information content (AvgIpc) is 1.62. The fourth-order valence-electron chi connectivity index (χ4n) is 0.158. The molecular weight excluding hydrogens is 131 g/mol. The van der Waals surface area contributed by atoms with E-state index in [0.717, 1.165) is 6.08 Å². The van der Waals surface area contributed by atoms with Crippen molar-refractivity contribution in [2.24, 2.45) is 0 Å². The van der Waals surface area contributed by atoms with E-state index >= 15 is 0 Å². The van der Waals surface area contributed by atoms with Crippen molar-refractivity contribution in [1.82, 2.24) is 0 Å². The van der Waals surface area contributed by atoms with E-state index in [1.165, 1.54) is 0 Å². The van der Waals surface area contributed by atoms with Crippen LogP contribution in [-0.4, -0.2) is 25.6 Å². The van der Waals surface area contributed by atoms with Gasteiger partial charge in [0.15, 0.2) is 0 Å². The molecule has 0 aliphatic carbocycles. The summed E-state index contributed by atoms with van der Waals surface area (Å²) in [6, 6.07) is 0. The van der Waals surface area contributed by atoms with Crippen LogP contribution in [0, 0.1) is 0 Å². The average molecular weight is 140 g/mol. The van der Waals surface area contributed by atoms with Crippen LogP contribution in [0.1, 0.15) is 0 Å². The van der Waals surface area contributed by atoms with Crippen LogP contribution < -0.4 is 0 Å². The Hall–Kier alpha value is 0.0100. The molecule has 0 bridgehead atoms. The number of hydrogen-bond donors (Lipinski definition) is 4. The van der Waals surface area contributed by atoms with Gasteiger partial charge in [0.2, 0.25) is 0 Å². The molecule has 0 aromatic heterocycles. The van der Waals surface area contributed by atoms with Gasteiger partial charge in [0.05, 0.1) is 0 Å². The first-order valence-electron chi connectivity index (χ1n) is 1.96. The van der Waals surface area contributed by atoms with Crippen LogP contribution in [0.5, 0.6) is 0 Å². The van der Waals surface area contributed by atoms with Gasteiger partial charge >= 0.3 is 46.2 Å². The molecule has 0 fully saturated rings. The second kappa shape index (κ2) is 2.53. The summed E-state index contributed by atoms with van der Waals surface area (Å²) < 4.78 is 0. The Morgan fingerprint density at radius 1 is 1.38 bits per heavy atom. The van der Waals surface area contributed by atoms with Gasteiger partial charge in [-0.2, -0.15) is 0 Å². The Morgan fingerprint density at radius 3 is 1.75 bits per heavy atom. The summed E-state index contributed by atoms with van der Waals surface area (Å²) in [5, 5.41) is 8.39. The molecule has 0 radical (unpaired) electrons. The van der Waals surface area contributed by atoms with E-state index in [1.54, 1.807) is 0 Å². The van der Waals surface area contributed by atoms with E-state index in [-0.39, 0.29) is 0 Å². The third-order valence-corrected chi connectivity index (χ3v) is 1.65. The fourth-order valence-corrected chi connectivity index (χ4v) is 0.474. The molecule has 0 spiro atoms. The molecule has 0 aliphatic heterocycles. The Kier molecular flexibility index (Phi) is 2.53. The zero-order valence-electron chi connectivity index (χ0n) is 4.15. The molecule has 50 valence electrons. The van der Waals surface area contributed by atoms with E-state index in [9.17, 15) is 0 Å². The second-order valence-electron chi connectivity index (χ2n) is 1.37. The van der Waals surface area contributed by atoms with Crippen LogP contribution in [0.4, 0.5) is 0 Å². The number of aliphatic hydroxyl groups is 1. The Bertz CT molecular complexity index is 85.8. The van der Waals surface area contributed by atoms with Crippen molar-refractivity contribution in [3.05, 3.63) is 12.7 Å². The maximum atomic E-state index is 8.39. The quantitative estimate of drug-likeness (QED) is 0.292. The van der Waals surface area contributed by atoms with Crippen molar-refractivity contribution in [2.45, 2.75) is 5.85 Å². The second-order valence-corrected chi connectivity index (χ2v) is 3.33. The number of rotatable bonds is 2. The Morgan fingerprint density at radius 2 is 1.75 bits per heavy atom. The van der Waals surface area contributed by atoms with Crippen LogP contribution in [0.3, 0.4) is 0 Å². The van der Waals surface area contributed by atoms with Gasteiger partial charge in [-0.1, -0.05) is 0 Å². The molecule has 0 amide bonds. The summed E-state index contributed by atoms with van der Waals surface area (Å²) in [5.74, 6) is -1.58. The van der Waals surface area contributed by atoms with Gasteiger partial charge in [-0.3, -0.25) is 0 Å². The third kappa shape index (κ3) is 2.35. The normalized spacial score (nSPS) is 17.5. The predicted molar refractivity (Wildman–Crippen MR) is 31.2 cm³/mol. The first kappa shape index (κ1) is 8.01. The summed E-state index contributed by atoms with van der Waals surface area (Å²) in [6.07, 6.45) is 0.867. The molecule has 4 N–H and O–H groups in total. The topological polar surface area (TPSA) is 80.9 Å². The van der Waals surface area contributed by atoms with E-state index in [4.69, 9.17) is 19.8 Å². The first-order valence-corrected chi connectivity index (χ1v) is 3.88. The predicted octanol–water partition coefficient (Wildman–Crippen LogP) is -1.04. The molecule has 8 heavy (non-hydrogen) atoms. The molecule has 0 saturated carbocycles. The molecule has 0 aromatic carbocycles. The third-order valence-electron chi connectivity index (χ3n) is 0.620. The standard InChI is InChI=1S/C3H9O4P/c1-2-3(4)8(5,6)7/h2-8H,1H2. The zero-order chi connectivity index (χ0) is 6.78. The molecule has 4 nitrogen and oxygen atoms in total. The van der Waals surface area contributed by atoms with Crippen molar-refractivity contribution in [1.29, 1.82) is 0 Å². The van der Waals surface area contributed by atoms with E-state index in [1.807, 2.05) is 0 Å². The van der Waals surface area contributed by atoms with Gasteiger partial charge in [-0.25, -0.2) is 0 Å². The van der Waals surface area contributed by atoms with Crippen molar-refractivity contribution in [3.8, 4) is 0 Å². The van der Waals surface area contributed by atoms with Crippen molar-refractivity contribution < 1.29 is 19.8 Å². The Balaban J connectivity index is 3.80. The van der Waals surface area contributed by atoms with Crippen LogP contribution in [0.25, 0.3) is 0 Å². The molecule has 1 unspecified atom stereocenters. The van der Waals surface area contributed by atoms with Gasteiger partial charge in [-0.15, -0.1) is 0 Å².